The molecule has 2 fully saturated rings. The predicted molar refractivity (Wildman–Crippen MR) is 192 cm³/mol. The van der Waals surface area contributed by atoms with E-state index in [1.54, 1.807) is 5.56 Å². The Labute approximate surface area is 282 Å². The number of anilines is 1. The fourth-order valence-corrected chi connectivity index (χ4v) is 8.98. The fraction of sp³-hybridized carbons (Fsp3) is 0.390. The maximum atomic E-state index is 13.6. The van der Waals surface area contributed by atoms with E-state index < -0.39 is 6.29 Å². The van der Waals surface area contributed by atoms with E-state index in [-0.39, 0.29) is 6.03 Å². The van der Waals surface area contributed by atoms with Crippen LogP contribution in [0.4, 0.5) is 10.5 Å². The number of aryl methyl sites for hydroxylation is 1. The van der Waals surface area contributed by atoms with Crippen molar-refractivity contribution in [3.05, 3.63) is 99.9 Å². The van der Waals surface area contributed by atoms with Crippen LogP contribution >= 0.6 is 11.3 Å². The number of carbonyl (C=O) groups is 1. The lowest BCUT2D eigenvalue weighted by Crippen LogP contribution is -2.45. The van der Waals surface area contributed by atoms with Crippen molar-refractivity contribution in [3.63, 3.8) is 0 Å². The number of hydrogen-bond acceptors (Lipinski definition) is 4. The van der Waals surface area contributed by atoms with Crippen LogP contribution in [0.15, 0.2) is 72.8 Å². The lowest BCUT2D eigenvalue weighted by molar-refractivity contribution is -0.163. The van der Waals surface area contributed by atoms with Gasteiger partial charge in [-0.2, -0.15) is 5.06 Å². The summed E-state index contributed by atoms with van der Waals surface area (Å²) < 4.78 is 5.88. The van der Waals surface area contributed by atoms with E-state index in [9.17, 15) is 4.79 Å². The third-order valence-corrected chi connectivity index (χ3v) is 11.7. The minimum absolute atomic E-state index is 0.217. The Morgan fingerprint density at radius 3 is 2.55 bits per heavy atom. The lowest BCUT2D eigenvalue weighted by Gasteiger charge is -2.30. The topological polar surface area (TPSA) is 50.8 Å². The van der Waals surface area contributed by atoms with Gasteiger partial charge in [0.15, 0.2) is 6.29 Å². The summed E-state index contributed by atoms with van der Waals surface area (Å²) in [5.74, 6) is 0.541. The zero-order valence-electron chi connectivity index (χ0n) is 27.1. The molecule has 6 heteroatoms. The van der Waals surface area contributed by atoms with Gasteiger partial charge in [-0.05, 0) is 126 Å². The molecule has 1 aliphatic heterocycles. The molecule has 2 amide bonds. The van der Waals surface area contributed by atoms with Crippen LogP contribution in [0.2, 0.25) is 0 Å². The normalized spacial score (nSPS) is 19.2. The number of amides is 2. The molecular weight excluding hydrogens is 601 g/mol. The number of rotatable bonds is 7. The summed E-state index contributed by atoms with van der Waals surface area (Å²) in [5, 5.41) is 4.62. The Morgan fingerprint density at radius 1 is 0.809 bits per heavy atom. The van der Waals surface area contributed by atoms with Crippen LogP contribution in [0.25, 0.3) is 33.2 Å². The highest BCUT2D eigenvalue weighted by atomic mass is 32.1. The third-order valence-electron chi connectivity index (χ3n) is 10.5. The average molecular weight is 645 g/mol. The summed E-state index contributed by atoms with van der Waals surface area (Å²) >= 11 is 1.83. The maximum absolute atomic E-state index is 13.6. The summed E-state index contributed by atoms with van der Waals surface area (Å²) in [6.45, 7) is 1.35. The molecular formula is C41H44N2O3S. The minimum Gasteiger partial charge on any atom is -0.350 e. The predicted octanol–water partition coefficient (Wildman–Crippen LogP) is 10.2. The van der Waals surface area contributed by atoms with E-state index >= 15 is 0 Å². The Bertz CT molecular complexity index is 1780. The quantitative estimate of drug-likeness (QED) is 0.204. The first kappa shape index (κ1) is 30.6. The van der Waals surface area contributed by atoms with Crippen LogP contribution in [-0.2, 0) is 28.8 Å². The first-order valence-corrected chi connectivity index (χ1v) is 18.5. The molecule has 1 N–H and O–H groups in total. The SMILES string of the molecule is O=C(NCC1CCCCC1)N(OC1CCCCO1)c1cccc(-c2ccc(C3=Cc4ccc5c(c4CC3)CCc3ccccc3-5)s2)c1. The Kier molecular flexibility index (Phi) is 8.99. The van der Waals surface area contributed by atoms with Gasteiger partial charge in [0.25, 0.3) is 0 Å². The van der Waals surface area contributed by atoms with E-state index in [0.29, 0.717) is 19.1 Å². The second-order valence-electron chi connectivity index (χ2n) is 13.6. The summed E-state index contributed by atoms with van der Waals surface area (Å²) in [6, 6.07) is 26.0. The highest BCUT2D eigenvalue weighted by Gasteiger charge is 2.26. The molecule has 1 saturated heterocycles. The molecule has 1 atom stereocenters. The minimum atomic E-state index is -0.414. The standard InChI is InChI=1S/C41H44N2O3S/c44-41(42-27-28-9-2-1-3-10-28)43(46-40-15-6-7-24-45-40)33-13-8-12-31(26-33)38-22-23-39(47-38)32-18-19-35-30(25-32)17-21-36-34-14-5-4-11-29(34)16-20-37(35)36/h4-5,8,11-14,17,21-23,25-26,28,40H,1-3,6-7,9-10,15-16,18-20,24,27H2,(H,42,44). The number of fused-ring (bicyclic) bond motifs is 5. The first-order chi connectivity index (χ1) is 23.2. The molecule has 1 unspecified atom stereocenters. The van der Waals surface area contributed by atoms with Crippen LogP contribution in [0, 0.1) is 5.92 Å². The third kappa shape index (κ3) is 6.56. The summed E-state index contributed by atoms with van der Waals surface area (Å²) in [5.41, 5.74) is 12.0. The van der Waals surface area contributed by atoms with Crippen molar-refractivity contribution in [3.8, 4) is 21.6 Å². The van der Waals surface area contributed by atoms with Crippen LogP contribution in [0.5, 0.6) is 0 Å². The molecule has 1 saturated carbocycles. The molecule has 0 bridgehead atoms. The van der Waals surface area contributed by atoms with Crippen molar-refractivity contribution in [1.82, 2.24) is 5.32 Å². The van der Waals surface area contributed by atoms with E-state index in [1.165, 1.54) is 80.3 Å². The molecule has 1 aromatic heterocycles. The zero-order valence-corrected chi connectivity index (χ0v) is 28.0. The summed E-state index contributed by atoms with van der Waals surface area (Å²) in [6.07, 6.45) is 15.4. The van der Waals surface area contributed by atoms with Crippen molar-refractivity contribution in [2.45, 2.75) is 83.3 Å². The smallest absolute Gasteiger partial charge is 0.346 e. The summed E-state index contributed by atoms with van der Waals surface area (Å²) in [4.78, 5) is 22.4. The highest BCUT2D eigenvalue weighted by Crippen LogP contribution is 2.42. The van der Waals surface area contributed by atoms with Gasteiger partial charge in [-0.25, -0.2) is 9.63 Å². The van der Waals surface area contributed by atoms with E-state index in [0.717, 1.165) is 56.2 Å². The number of thiophene rings is 1. The largest absolute Gasteiger partial charge is 0.350 e. The van der Waals surface area contributed by atoms with Gasteiger partial charge in [-0.1, -0.05) is 73.9 Å². The van der Waals surface area contributed by atoms with Crippen LogP contribution in [0.1, 0.15) is 84.9 Å². The van der Waals surface area contributed by atoms with Crippen molar-refractivity contribution in [1.29, 1.82) is 0 Å². The van der Waals surface area contributed by atoms with Crippen molar-refractivity contribution in [2.75, 3.05) is 18.2 Å². The van der Waals surface area contributed by atoms with Gasteiger partial charge in [0, 0.05) is 29.3 Å². The number of carbonyl (C=O) groups excluding carboxylic acids is 1. The second kappa shape index (κ2) is 13.8. The number of urea groups is 1. The zero-order chi connectivity index (χ0) is 31.6. The molecule has 3 aromatic carbocycles. The average Bonchev–Trinajstić information content (AvgIpc) is 3.64. The monoisotopic (exact) mass is 644 g/mol. The second-order valence-corrected chi connectivity index (χ2v) is 14.7. The molecule has 8 rings (SSSR count). The number of benzene rings is 3. The molecule has 5 nitrogen and oxygen atoms in total. The lowest BCUT2D eigenvalue weighted by atomic mass is 9.78. The number of ether oxygens (including phenoxy) is 1. The Balaban J connectivity index is 1.02. The molecule has 242 valence electrons. The maximum Gasteiger partial charge on any atom is 0.346 e. The number of allylic oxidation sites excluding steroid dienone is 1. The van der Waals surface area contributed by atoms with Crippen molar-refractivity contribution in [2.24, 2.45) is 5.92 Å². The van der Waals surface area contributed by atoms with Crippen LogP contribution in [-0.4, -0.2) is 25.5 Å². The van der Waals surface area contributed by atoms with Gasteiger partial charge < -0.3 is 10.1 Å². The molecule has 2 heterocycles. The fourth-order valence-electron chi connectivity index (χ4n) is 7.94. The van der Waals surface area contributed by atoms with E-state index in [4.69, 9.17) is 9.57 Å². The molecule has 4 aromatic rings. The molecule has 0 spiro atoms. The van der Waals surface area contributed by atoms with Crippen molar-refractivity contribution >= 4 is 34.7 Å². The number of nitrogens with zero attached hydrogens (tertiary/aromatic N) is 1. The highest BCUT2D eigenvalue weighted by molar-refractivity contribution is 7.16. The molecule has 0 radical (unpaired) electrons. The Morgan fingerprint density at radius 2 is 1.66 bits per heavy atom. The van der Waals surface area contributed by atoms with Gasteiger partial charge in [0.05, 0.1) is 5.69 Å². The van der Waals surface area contributed by atoms with Crippen LogP contribution < -0.4 is 10.4 Å². The van der Waals surface area contributed by atoms with Gasteiger partial charge in [-0.15, -0.1) is 11.3 Å². The number of hydrogen-bond donors (Lipinski definition) is 1. The Hall–Kier alpha value is -3.71. The van der Waals surface area contributed by atoms with Gasteiger partial charge >= 0.3 is 6.03 Å². The van der Waals surface area contributed by atoms with Gasteiger partial charge in [0.1, 0.15) is 0 Å². The van der Waals surface area contributed by atoms with Crippen molar-refractivity contribution < 1.29 is 14.4 Å². The molecule has 4 aliphatic rings. The number of nitrogens with one attached hydrogen (secondary N) is 1. The van der Waals surface area contributed by atoms with E-state index in [2.05, 4.69) is 72.1 Å². The van der Waals surface area contributed by atoms with Gasteiger partial charge in [-0.3, -0.25) is 0 Å². The summed E-state index contributed by atoms with van der Waals surface area (Å²) in [7, 11) is 0. The van der Waals surface area contributed by atoms with E-state index in [1.807, 2.05) is 23.5 Å². The number of hydroxylamine groups is 1. The van der Waals surface area contributed by atoms with Gasteiger partial charge in [0.2, 0.25) is 0 Å². The van der Waals surface area contributed by atoms with Crippen LogP contribution in [0.3, 0.4) is 0 Å². The molecule has 3 aliphatic carbocycles. The first-order valence-electron chi connectivity index (χ1n) is 17.7. The molecule has 47 heavy (non-hydrogen) atoms.